The summed E-state index contributed by atoms with van der Waals surface area (Å²) in [5.41, 5.74) is 19.8. The Hall–Kier alpha value is -7.02. The lowest BCUT2D eigenvalue weighted by Gasteiger charge is -2.29. The highest BCUT2D eigenvalue weighted by Crippen LogP contribution is 2.35. The summed E-state index contributed by atoms with van der Waals surface area (Å²) in [7, 11) is 2.12. The minimum atomic E-state index is 0.179. The number of hydrogen-bond acceptors (Lipinski definition) is 4. The van der Waals surface area contributed by atoms with Gasteiger partial charge in [-0.1, -0.05) is 136 Å². The number of rotatable bonds is 7. The molecule has 0 aliphatic carbocycles. The Morgan fingerprint density at radius 3 is 1.51 bits per heavy atom. The van der Waals surface area contributed by atoms with Crippen LogP contribution in [0, 0.1) is 0 Å². The molecule has 9 rings (SSSR count). The van der Waals surface area contributed by atoms with Gasteiger partial charge in [0, 0.05) is 57.6 Å². The van der Waals surface area contributed by atoms with Crippen molar-refractivity contribution >= 4 is 60.7 Å². The van der Waals surface area contributed by atoms with Gasteiger partial charge in [-0.3, -0.25) is 5.01 Å². The summed E-state index contributed by atoms with van der Waals surface area (Å²) in [6, 6.07) is 59.1. The highest BCUT2D eigenvalue weighted by Gasteiger charge is 2.20. The standard InChI is InChI=1S/C38H29N5.C15H23N/c39-34(26-20-22-27(23-21-26)42-35-16-5-1-12-30(35)31-13-2-6-17-36(31)42)25-41(40)28-10-9-11-29(24-28)43-37-18-7-3-14-32(37)33-15-4-8-19-38(33)43;1-7-12(2)16(6)14-11-9-8-10-13(14)15(3,4)5/h1-25H,39-40H2;7-11H,1-6H3/b34-25-;12-7+. The fourth-order valence-corrected chi connectivity index (χ4v) is 8.08. The summed E-state index contributed by atoms with van der Waals surface area (Å²) >= 11 is 0. The summed E-state index contributed by atoms with van der Waals surface area (Å²) in [5, 5.41) is 6.52. The van der Waals surface area contributed by atoms with Gasteiger partial charge in [0.25, 0.3) is 0 Å². The third-order valence-electron chi connectivity index (χ3n) is 11.3. The fraction of sp³-hybridized carbons (Fsp3) is 0.132. The third kappa shape index (κ3) is 7.47. The first-order valence-electron chi connectivity index (χ1n) is 20.2. The first-order valence-corrected chi connectivity index (χ1v) is 20.2. The zero-order chi connectivity index (χ0) is 41.3. The number of allylic oxidation sites excluding steroid dienone is 2. The topological polar surface area (TPSA) is 68.4 Å². The molecule has 59 heavy (non-hydrogen) atoms. The maximum absolute atomic E-state index is 6.59. The normalized spacial score (nSPS) is 12.3. The van der Waals surface area contributed by atoms with Crippen molar-refractivity contribution in [2.75, 3.05) is 17.0 Å². The Morgan fingerprint density at radius 2 is 1.02 bits per heavy atom. The Bertz CT molecular complexity index is 2880. The van der Waals surface area contributed by atoms with E-state index >= 15 is 0 Å². The highest BCUT2D eigenvalue weighted by atomic mass is 15.4. The maximum atomic E-state index is 6.59. The zero-order valence-electron chi connectivity index (χ0n) is 34.8. The predicted octanol–water partition coefficient (Wildman–Crippen LogP) is 12.9. The summed E-state index contributed by atoms with van der Waals surface area (Å²) in [6.45, 7) is 11.0. The number of anilines is 2. The second kappa shape index (κ2) is 16.1. The van der Waals surface area contributed by atoms with Crippen molar-refractivity contribution in [1.29, 1.82) is 0 Å². The van der Waals surface area contributed by atoms with E-state index in [1.54, 1.807) is 11.2 Å². The molecule has 0 saturated heterocycles. The molecule has 0 saturated carbocycles. The van der Waals surface area contributed by atoms with Crippen LogP contribution in [0.2, 0.25) is 0 Å². The Kier molecular flexibility index (Phi) is 10.6. The summed E-state index contributed by atoms with van der Waals surface area (Å²) in [6.07, 6.45) is 3.92. The molecule has 9 aromatic rings. The number of nitrogens with zero attached hydrogens (tertiary/aromatic N) is 4. The lowest BCUT2D eigenvalue weighted by molar-refractivity contribution is 0.590. The number of para-hydroxylation sites is 5. The molecule has 6 nitrogen and oxygen atoms in total. The van der Waals surface area contributed by atoms with Crippen LogP contribution in [0.5, 0.6) is 0 Å². The van der Waals surface area contributed by atoms with Crippen LogP contribution < -0.4 is 21.5 Å². The summed E-state index contributed by atoms with van der Waals surface area (Å²) in [5.74, 6) is 6.58. The van der Waals surface area contributed by atoms with Gasteiger partial charge in [-0.25, -0.2) is 5.84 Å². The molecule has 6 heteroatoms. The van der Waals surface area contributed by atoms with Crippen molar-refractivity contribution in [3.05, 3.63) is 199 Å². The van der Waals surface area contributed by atoms with Gasteiger partial charge in [0.15, 0.2) is 0 Å². The molecular weight excluding hydrogens is 721 g/mol. The first kappa shape index (κ1) is 38.8. The lowest BCUT2D eigenvalue weighted by Crippen LogP contribution is -2.25. The van der Waals surface area contributed by atoms with Gasteiger partial charge in [0.2, 0.25) is 0 Å². The van der Waals surface area contributed by atoms with E-state index < -0.39 is 0 Å². The van der Waals surface area contributed by atoms with Crippen LogP contribution >= 0.6 is 0 Å². The molecule has 0 spiro atoms. The molecule has 2 aromatic heterocycles. The zero-order valence-corrected chi connectivity index (χ0v) is 34.8. The van der Waals surface area contributed by atoms with E-state index in [1.165, 1.54) is 49.5 Å². The van der Waals surface area contributed by atoms with Gasteiger partial charge in [0.1, 0.15) is 0 Å². The number of hydrogen-bond donors (Lipinski definition) is 2. The molecule has 0 aliphatic heterocycles. The maximum Gasteiger partial charge on any atom is 0.0590 e. The lowest BCUT2D eigenvalue weighted by atomic mass is 9.85. The smallest absolute Gasteiger partial charge is 0.0590 e. The molecule has 294 valence electrons. The first-order chi connectivity index (χ1) is 28.5. The number of hydrazine groups is 1. The summed E-state index contributed by atoms with van der Waals surface area (Å²) < 4.78 is 4.58. The van der Waals surface area contributed by atoms with Gasteiger partial charge >= 0.3 is 0 Å². The predicted molar refractivity (Wildman–Crippen MR) is 253 cm³/mol. The molecule has 0 amide bonds. The minimum Gasteiger partial charge on any atom is -0.397 e. The van der Waals surface area contributed by atoms with Crippen LogP contribution in [0.15, 0.2) is 188 Å². The van der Waals surface area contributed by atoms with Crippen molar-refractivity contribution in [2.45, 2.75) is 40.0 Å². The van der Waals surface area contributed by atoms with Crippen molar-refractivity contribution in [3.63, 3.8) is 0 Å². The molecular formula is C53H52N6. The van der Waals surface area contributed by atoms with Crippen molar-refractivity contribution in [1.82, 2.24) is 9.13 Å². The van der Waals surface area contributed by atoms with Gasteiger partial charge in [-0.2, -0.15) is 0 Å². The van der Waals surface area contributed by atoms with Crippen LogP contribution in [-0.4, -0.2) is 16.2 Å². The largest absolute Gasteiger partial charge is 0.397 e. The molecule has 0 radical (unpaired) electrons. The fourth-order valence-electron chi connectivity index (χ4n) is 8.08. The number of aromatic nitrogens is 2. The Labute approximate surface area is 347 Å². The number of benzene rings is 7. The Balaban J connectivity index is 0.000000256. The van der Waals surface area contributed by atoms with E-state index in [1.807, 2.05) is 24.3 Å². The van der Waals surface area contributed by atoms with E-state index in [4.69, 9.17) is 11.6 Å². The molecule has 0 aliphatic rings. The van der Waals surface area contributed by atoms with Gasteiger partial charge in [-0.05, 0) is 91.1 Å². The third-order valence-corrected chi connectivity index (χ3v) is 11.3. The van der Waals surface area contributed by atoms with Crippen molar-refractivity contribution in [2.24, 2.45) is 11.6 Å². The number of nitrogens with two attached hydrogens (primary N) is 2. The van der Waals surface area contributed by atoms with E-state index in [0.717, 1.165) is 33.7 Å². The number of fused-ring (bicyclic) bond motifs is 6. The molecule has 4 N–H and O–H groups in total. The van der Waals surface area contributed by atoms with Crippen LogP contribution in [0.4, 0.5) is 11.4 Å². The Morgan fingerprint density at radius 1 is 0.559 bits per heavy atom. The quantitative estimate of drug-likeness (QED) is 0.125. The molecule has 2 heterocycles. The second-order valence-corrected chi connectivity index (χ2v) is 16.1. The summed E-state index contributed by atoms with van der Waals surface area (Å²) in [4.78, 5) is 2.25. The molecule has 0 atom stereocenters. The van der Waals surface area contributed by atoms with Gasteiger partial charge in [-0.15, -0.1) is 0 Å². The monoisotopic (exact) mass is 772 g/mol. The molecule has 0 unspecified atom stereocenters. The van der Waals surface area contributed by atoms with Crippen molar-refractivity contribution in [3.8, 4) is 11.4 Å². The highest BCUT2D eigenvalue weighted by molar-refractivity contribution is 6.10. The van der Waals surface area contributed by atoms with E-state index in [9.17, 15) is 0 Å². The van der Waals surface area contributed by atoms with E-state index in [2.05, 4.69) is 207 Å². The van der Waals surface area contributed by atoms with Crippen molar-refractivity contribution < 1.29 is 0 Å². The van der Waals surface area contributed by atoms with Crippen LogP contribution in [0.25, 0.3) is 60.7 Å². The van der Waals surface area contributed by atoms with E-state index in [0.29, 0.717) is 5.70 Å². The molecule has 7 aromatic carbocycles. The van der Waals surface area contributed by atoms with Crippen LogP contribution in [-0.2, 0) is 5.41 Å². The van der Waals surface area contributed by atoms with Gasteiger partial charge in [0.05, 0.1) is 33.5 Å². The average Bonchev–Trinajstić information content (AvgIpc) is 3.79. The average molecular weight is 773 g/mol. The minimum absolute atomic E-state index is 0.179. The molecule has 0 bridgehead atoms. The molecule has 0 fully saturated rings. The SMILES string of the molecule is C/C=C(\C)N(C)c1ccccc1C(C)(C)C.N/C(=C\N(N)c1cccc(-n2c3ccccc3c3ccccc32)c1)c1ccc(-n2c3ccccc3c3ccccc32)cc1. The van der Waals surface area contributed by atoms with E-state index in [-0.39, 0.29) is 5.41 Å². The van der Waals surface area contributed by atoms with Crippen LogP contribution in [0.3, 0.4) is 0 Å². The van der Waals surface area contributed by atoms with Crippen LogP contribution in [0.1, 0.15) is 45.7 Å². The second-order valence-electron chi connectivity index (χ2n) is 16.1. The van der Waals surface area contributed by atoms with Gasteiger partial charge < -0.3 is 19.8 Å².